The lowest BCUT2D eigenvalue weighted by molar-refractivity contribution is 0.118. The third-order valence-corrected chi connectivity index (χ3v) is 4.37. The normalized spacial score (nSPS) is 23.1. The van der Waals surface area contributed by atoms with Gasteiger partial charge in [0.25, 0.3) is 0 Å². The van der Waals surface area contributed by atoms with E-state index in [0.717, 1.165) is 38.3 Å². The summed E-state index contributed by atoms with van der Waals surface area (Å²) in [7, 11) is 0. The standard InChI is InChI=1S/C17H25N3O/c1-14-5-6-17(19-12-14)20-9-7-15(8-10-20)18-13-16-4-2-3-11-21-16/h3,5-6,11-12,15-16,18H,2,4,7-10,13H2,1H3. The Bertz CT molecular complexity index is 463. The van der Waals surface area contributed by atoms with E-state index in [9.17, 15) is 0 Å². The van der Waals surface area contributed by atoms with Gasteiger partial charge < -0.3 is 15.0 Å². The van der Waals surface area contributed by atoms with Crippen molar-refractivity contribution in [1.29, 1.82) is 0 Å². The van der Waals surface area contributed by atoms with E-state index in [4.69, 9.17) is 4.74 Å². The molecule has 1 atom stereocenters. The summed E-state index contributed by atoms with van der Waals surface area (Å²) in [6.07, 6.45) is 10.9. The topological polar surface area (TPSA) is 37.4 Å². The molecular formula is C17H25N3O. The first-order valence-electron chi connectivity index (χ1n) is 8.03. The molecule has 1 aromatic rings. The average Bonchev–Trinajstić information content (AvgIpc) is 2.55. The van der Waals surface area contributed by atoms with Gasteiger partial charge in [-0.15, -0.1) is 0 Å². The first-order valence-corrected chi connectivity index (χ1v) is 8.03. The van der Waals surface area contributed by atoms with Crippen molar-refractivity contribution in [2.75, 3.05) is 24.5 Å². The van der Waals surface area contributed by atoms with Gasteiger partial charge in [-0.25, -0.2) is 4.98 Å². The van der Waals surface area contributed by atoms with Crippen LogP contribution in [0.15, 0.2) is 30.7 Å². The molecule has 2 aliphatic rings. The summed E-state index contributed by atoms with van der Waals surface area (Å²) in [6.45, 7) is 5.21. The molecule has 0 spiro atoms. The van der Waals surface area contributed by atoms with Crippen LogP contribution in [0.2, 0.25) is 0 Å². The number of nitrogens with one attached hydrogen (secondary N) is 1. The van der Waals surface area contributed by atoms with Crippen molar-refractivity contribution < 1.29 is 4.74 Å². The number of hydrogen-bond acceptors (Lipinski definition) is 4. The molecule has 3 heterocycles. The molecule has 1 unspecified atom stereocenters. The van der Waals surface area contributed by atoms with Gasteiger partial charge in [-0.2, -0.15) is 0 Å². The Morgan fingerprint density at radius 1 is 1.29 bits per heavy atom. The monoisotopic (exact) mass is 287 g/mol. The second kappa shape index (κ2) is 6.94. The Labute approximate surface area is 127 Å². The first kappa shape index (κ1) is 14.4. The predicted molar refractivity (Wildman–Crippen MR) is 85.5 cm³/mol. The zero-order chi connectivity index (χ0) is 14.5. The summed E-state index contributed by atoms with van der Waals surface area (Å²) in [5.74, 6) is 1.11. The van der Waals surface area contributed by atoms with E-state index in [-0.39, 0.29) is 0 Å². The summed E-state index contributed by atoms with van der Waals surface area (Å²) in [5.41, 5.74) is 1.22. The van der Waals surface area contributed by atoms with Crippen molar-refractivity contribution in [2.24, 2.45) is 0 Å². The molecule has 0 radical (unpaired) electrons. The molecule has 0 bridgehead atoms. The smallest absolute Gasteiger partial charge is 0.128 e. The molecule has 0 aromatic carbocycles. The number of anilines is 1. The molecule has 1 aromatic heterocycles. The van der Waals surface area contributed by atoms with E-state index < -0.39 is 0 Å². The molecule has 3 rings (SSSR count). The van der Waals surface area contributed by atoms with Crippen LogP contribution in [-0.4, -0.2) is 36.8 Å². The number of pyridine rings is 1. The van der Waals surface area contributed by atoms with E-state index in [1.165, 1.54) is 18.4 Å². The zero-order valence-corrected chi connectivity index (χ0v) is 12.8. The summed E-state index contributed by atoms with van der Waals surface area (Å²) in [6, 6.07) is 4.88. The third kappa shape index (κ3) is 3.97. The Kier molecular flexibility index (Phi) is 4.76. The van der Waals surface area contributed by atoms with Gasteiger partial charge in [0.2, 0.25) is 0 Å². The third-order valence-electron chi connectivity index (χ3n) is 4.37. The Morgan fingerprint density at radius 2 is 2.14 bits per heavy atom. The SMILES string of the molecule is Cc1ccc(N2CCC(NCC3CCC=CO3)CC2)nc1. The van der Waals surface area contributed by atoms with Crippen LogP contribution in [0, 0.1) is 6.92 Å². The molecule has 1 N–H and O–H groups in total. The van der Waals surface area contributed by atoms with Crippen LogP contribution in [0.25, 0.3) is 0 Å². The number of aryl methyl sites for hydroxylation is 1. The molecule has 0 aliphatic carbocycles. The molecular weight excluding hydrogens is 262 g/mol. The van der Waals surface area contributed by atoms with Crippen molar-refractivity contribution >= 4 is 5.82 Å². The molecule has 1 fully saturated rings. The maximum absolute atomic E-state index is 5.61. The van der Waals surface area contributed by atoms with Crippen molar-refractivity contribution in [1.82, 2.24) is 10.3 Å². The number of ether oxygens (including phenoxy) is 1. The molecule has 21 heavy (non-hydrogen) atoms. The minimum atomic E-state index is 0.354. The average molecular weight is 287 g/mol. The van der Waals surface area contributed by atoms with Gasteiger partial charge in [0.05, 0.1) is 6.26 Å². The number of piperidine rings is 1. The van der Waals surface area contributed by atoms with E-state index in [2.05, 4.69) is 40.3 Å². The predicted octanol–water partition coefficient (Wildman–Crippen LogP) is 2.64. The minimum Gasteiger partial charge on any atom is -0.497 e. The highest BCUT2D eigenvalue weighted by molar-refractivity contribution is 5.39. The highest BCUT2D eigenvalue weighted by atomic mass is 16.5. The van der Waals surface area contributed by atoms with Crippen LogP contribution in [0.5, 0.6) is 0 Å². The van der Waals surface area contributed by atoms with Gasteiger partial charge >= 0.3 is 0 Å². The quantitative estimate of drug-likeness (QED) is 0.924. The highest BCUT2D eigenvalue weighted by Crippen LogP contribution is 2.18. The first-order chi connectivity index (χ1) is 10.3. The van der Waals surface area contributed by atoms with Crippen molar-refractivity contribution in [2.45, 2.75) is 44.8 Å². The lowest BCUT2D eigenvalue weighted by Crippen LogP contribution is -2.45. The molecule has 1 saturated heterocycles. The van der Waals surface area contributed by atoms with Crippen molar-refractivity contribution in [3.63, 3.8) is 0 Å². The van der Waals surface area contributed by atoms with Crippen LogP contribution in [0.1, 0.15) is 31.2 Å². The highest BCUT2D eigenvalue weighted by Gasteiger charge is 2.21. The Hall–Kier alpha value is -1.55. The van der Waals surface area contributed by atoms with Crippen LogP contribution < -0.4 is 10.2 Å². The van der Waals surface area contributed by atoms with E-state index in [1.54, 1.807) is 0 Å². The Balaban J connectivity index is 1.42. The molecule has 4 heteroatoms. The largest absolute Gasteiger partial charge is 0.497 e. The number of rotatable bonds is 4. The second-order valence-electron chi connectivity index (χ2n) is 6.07. The van der Waals surface area contributed by atoms with Crippen molar-refractivity contribution in [3.05, 3.63) is 36.2 Å². The lowest BCUT2D eigenvalue weighted by atomic mass is 10.0. The lowest BCUT2D eigenvalue weighted by Gasteiger charge is -2.34. The van der Waals surface area contributed by atoms with Crippen LogP contribution in [-0.2, 0) is 4.74 Å². The van der Waals surface area contributed by atoms with E-state index >= 15 is 0 Å². The fourth-order valence-electron chi connectivity index (χ4n) is 2.99. The van der Waals surface area contributed by atoms with Gasteiger partial charge in [-0.1, -0.05) is 6.07 Å². The molecule has 0 amide bonds. The fraction of sp³-hybridized carbons (Fsp3) is 0.588. The summed E-state index contributed by atoms with van der Waals surface area (Å²) in [4.78, 5) is 6.91. The summed E-state index contributed by atoms with van der Waals surface area (Å²) < 4.78 is 5.61. The molecule has 0 saturated carbocycles. The summed E-state index contributed by atoms with van der Waals surface area (Å²) in [5, 5.41) is 3.67. The van der Waals surface area contributed by atoms with Gasteiger partial charge in [-0.3, -0.25) is 0 Å². The van der Waals surface area contributed by atoms with Crippen LogP contribution >= 0.6 is 0 Å². The van der Waals surface area contributed by atoms with Gasteiger partial charge in [0.1, 0.15) is 11.9 Å². The Morgan fingerprint density at radius 3 is 2.81 bits per heavy atom. The number of hydrogen-bond donors (Lipinski definition) is 1. The minimum absolute atomic E-state index is 0.354. The second-order valence-corrected chi connectivity index (χ2v) is 6.07. The molecule has 4 nitrogen and oxygen atoms in total. The van der Waals surface area contributed by atoms with Gasteiger partial charge in [-0.05, 0) is 50.3 Å². The van der Waals surface area contributed by atoms with E-state index in [0.29, 0.717) is 12.1 Å². The molecule has 114 valence electrons. The summed E-state index contributed by atoms with van der Waals surface area (Å²) >= 11 is 0. The van der Waals surface area contributed by atoms with Crippen LogP contribution in [0.3, 0.4) is 0 Å². The number of nitrogens with zero attached hydrogens (tertiary/aromatic N) is 2. The maximum atomic E-state index is 5.61. The van der Waals surface area contributed by atoms with E-state index in [1.807, 2.05) is 12.5 Å². The number of aromatic nitrogens is 1. The fourth-order valence-corrected chi connectivity index (χ4v) is 2.99. The zero-order valence-electron chi connectivity index (χ0n) is 12.8. The van der Waals surface area contributed by atoms with Gasteiger partial charge in [0, 0.05) is 31.9 Å². The maximum Gasteiger partial charge on any atom is 0.128 e. The van der Waals surface area contributed by atoms with Gasteiger partial charge in [0.15, 0.2) is 0 Å². The van der Waals surface area contributed by atoms with Crippen LogP contribution in [0.4, 0.5) is 5.82 Å². The van der Waals surface area contributed by atoms with Crippen molar-refractivity contribution in [3.8, 4) is 0 Å². The number of allylic oxidation sites excluding steroid dienone is 1. The molecule has 2 aliphatic heterocycles.